The molecule has 0 atom stereocenters. The van der Waals surface area contributed by atoms with Crippen molar-refractivity contribution in [2.75, 3.05) is 6.61 Å². The van der Waals surface area contributed by atoms with Crippen LogP contribution in [-0.2, 0) is 9.53 Å². The molecule has 0 saturated carbocycles. The van der Waals surface area contributed by atoms with Crippen LogP contribution in [0.25, 0.3) is 0 Å². The van der Waals surface area contributed by atoms with Gasteiger partial charge < -0.3 is 4.74 Å². The number of rotatable bonds is 6. The average molecular weight is 168 g/mol. The molecule has 0 saturated heterocycles. The predicted octanol–water partition coefficient (Wildman–Crippen LogP) is 1.84. The summed E-state index contributed by atoms with van der Waals surface area (Å²) in [5.74, 6) is -0.312. The molecule has 67 valence electrons. The Labute approximate surface area is 73.3 Å². The summed E-state index contributed by atoms with van der Waals surface area (Å²) in [5, 5.41) is 8.11. The van der Waals surface area contributed by atoms with Crippen LogP contribution in [0.1, 0.15) is 32.6 Å². The fourth-order valence-electron chi connectivity index (χ4n) is 0.726. The van der Waals surface area contributed by atoms with Crippen LogP contribution in [-0.4, -0.2) is 12.6 Å². The lowest BCUT2D eigenvalue weighted by molar-refractivity contribution is -0.142. The van der Waals surface area contributed by atoms with Crippen LogP contribution in [0.3, 0.4) is 0 Å². The van der Waals surface area contributed by atoms with E-state index in [1.54, 1.807) is 6.07 Å². The van der Waals surface area contributed by atoms with Crippen molar-refractivity contribution in [1.82, 2.24) is 0 Å². The normalized spacial score (nSPS) is 9.00. The molecule has 0 bridgehead atoms. The number of carbonyl (C=O) groups is 1. The van der Waals surface area contributed by atoms with E-state index in [2.05, 4.69) is 6.92 Å². The van der Waals surface area contributed by atoms with Crippen LogP contribution in [0.2, 0.25) is 0 Å². The van der Waals surface area contributed by atoms with Crippen molar-refractivity contribution < 1.29 is 9.53 Å². The molecule has 0 aliphatic rings. The largest absolute Gasteiger partial charge is 0.466 e. The summed E-state index contributed by atoms with van der Waals surface area (Å²) in [5.41, 5.74) is 0. The van der Waals surface area contributed by atoms with Crippen molar-refractivity contribution in [2.45, 2.75) is 32.6 Å². The number of hydrogen-bond acceptors (Lipinski definition) is 3. The Morgan fingerprint density at radius 2 is 2.33 bits per heavy atom. The molecule has 0 N–H and O–H groups in total. The Balaban J connectivity index is 3.15. The molecule has 1 radical (unpaired) electrons. The van der Waals surface area contributed by atoms with Crippen LogP contribution in [0.5, 0.6) is 0 Å². The van der Waals surface area contributed by atoms with Gasteiger partial charge in [0.2, 0.25) is 0 Å². The first-order chi connectivity index (χ1) is 5.81. The summed E-state index contributed by atoms with van der Waals surface area (Å²) in [4.78, 5) is 10.8. The smallest absolute Gasteiger partial charge is 0.307 e. The summed E-state index contributed by atoms with van der Waals surface area (Å²) in [6.45, 7) is 2.57. The summed E-state index contributed by atoms with van der Waals surface area (Å²) in [6.07, 6.45) is 4.44. The summed E-state index contributed by atoms with van der Waals surface area (Å²) in [7, 11) is 0. The number of nitriles is 1. The zero-order valence-electron chi connectivity index (χ0n) is 7.38. The second-order valence-corrected chi connectivity index (χ2v) is 2.46. The molecule has 3 heteroatoms. The van der Waals surface area contributed by atoms with Gasteiger partial charge in [-0.25, -0.2) is 0 Å². The molecule has 0 amide bonds. The molecule has 0 fully saturated rings. The Kier molecular flexibility index (Phi) is 7.36. The van der Waals surface area contributed by atoms with Crippen LogP contribution in [0.15, 0.2) is 0 Å². The Hall–Kier alpha value is -1.04. The number of ether oxygens (including phenoxy) is 1. The first kappa shape index (κ1) is 11.0. The van der Waals surface area contributed by atoms with E-state index in [9.17, 15) is 4.79 Å². The number of carbonyl (C=O) groups excluding carboxylic acids is 1. The molecule has 0 aromatic heterocycles. The van der Waals surface area contributed by atoms with Gasteiger partial charge in [-0.1, -0.05) is 19.8 Å². The molecule has 0 unspecified atom stereocenters. The van der Waals surface area contributed by atoms with Gasteiger partial charge in [0, 0.05) is 0 Å². The second-order valence-electron chi connectivity index (χ2n) is 2.46. The van der Waals surface area contributed by atoms with Gasteiger partial charge in [0.25, 0.3) is 0 Å². The average Bonchev–Trinajstić information content (AvgIpc) is 2.09. The summed E-state index contributed by atoms with van der Waals surface area (Å²) < 4.78 is 4.82. The highest BCUT2D eigenvalue weighted by molar-refractivity contribution is 5.71. The third-order valence-corrected chi connectivity index (χ3v) is 1.37. The van der Waals surface area contributed by atoms with Crippen molar-refractivity contribution in [1.29, 1.82) is 5.26 Å². The fraction of sp³-hybridized carbons (Fsp3) is 0.667. The first-order valence-electron chi connectivity index (χ1n) is 4.18. The Bertz CT molecular complexity index is 160. The molecule has 0 heterocycles. The number of esters is 1. The highest BCUT2D eigenvalue weighted by Crippen LogP contribution is 1.96. The van der Waals surface area contributed by atoms with Crippen molar-refractivity contribution in [3.63, 3.8) is 0 Å². The first-order valence-corrected chi connectivity index (χ1v) is 4.18. The van der Waals surface area contributed by atoms with Gasteiger partial charge in [0.05, 0.1) is 25.5 Å². The molecular formula is C9H14NO2. The van der Waals surface area contributed by atoms with Gasteiger partial charge in [0.1, 0.15) is 0 Å². The third-order valence-electron chi connectivity index (χ3n) is 1.37. The molecule has 0 aromatic carbocycles. The van der Waals surface area contributed by atoms with Gasteiger partial charge in [-0.3, -0.25) is 4.79 Å². The lowest BCUT2D eigenvalue weighted by Crippen LogP contribution is -2.05. The van der Waals surface area contributed by atoms with Crippen molar-refractivity contribution >= 4 is 5.97 Å². The zero-order chi connectivity index (χ0) is 9.23. The van der Waals surface area contributed by atoms with E-state index >= 15 is 0 Å². The molecule has 0 rings (SSSR count). The zero-order valence-corrected chi connectivity index (χ0v) is 7.38. The highest BCUT2D eigenvalue weighted by atomic mass is 16.5. The SMILES string of the molecule is CCCCCOC(=O)C[CH]C#N. The predicted molar refractivity (Wildman–Crippen MR) is 45.0 cm³/mol. The van der Waals surface area contributed by atoms with E-state index in [1.165, 1.54) is 6.42 Å². The molecule has 0 spiro atoms. The van der Waals surface area contributed by atoms with Gasteiger partial charge >= 0.3 is 5.97 Å². The van der Waals surface area contributed by atoms with Gasteiger partial charge in [0.15, 0.2) is 0 Å². The standard InChI is InChI=1S/C9H14NO2/c1-2-3-4-8-12-9(11)6-5-7-10/h5H,2-4,6,8H2,1H3. The molecule has 0 aliphatic carbocycles. The minimum absolute atomic E-state index is 0.0998. The maximum atomic E-state index is 10.8. The van der Waals surface area contributed by atoms with E-state index in [0.29, 0.717) is 6.61 Å². The van der Waals surface area contributed by atoms with E-state index in [-0.39, 0.29) is 12.4 Å². The molecule has 12 heavy (non-hydrogen) atoms. The fourth-order valence-corrected chi connectivity index (χ4v) is 0.726. The summed E-state index contributed by atoms with van der Waals surface area (Å²) in [6, 6.07) is 1.77. The maximum absolute atomic E-state index is 10.8. The highest BCUT2D eigenvalue weighted by Gasteiger charge is 2.00. The Morgan fingerprint density at radius 3 is 2.92 bits per heavy atom. The van der Waals surface area contributed by atoms with Crippen LogP contribution < -0.4 is 0 Å². The number of hydrogen-bond donors (Lipinski definition) is 0. The van der Waals surface area contributed by atoms with E-state index in [4.69, 9.17) is 10.00 Å². The van der Waals surface area contributed by atoms with Crippen molar-refractivity contribution in [3.05, 3.63) is 6.42 Å². The summed E-state index contributed by atoms with van der Waals surface area (Å²) >= 11 is 0. The van der Waals surface area contributed by atoms with E-state index < -0.39 is 0 Å². The van der Waals surface area contributed by atoms with Crippen molar-refractivity contribution in [2.24, 2.45) is 0 Å². The molecule has 0 aliphatic heterocycles. The molecular weight excluding hydrogens is 154 g/mol. The molecule has 0 aromatic rings. The minimum atomic E-state index is -0.312. The van der Waals surface area contributed by atoms with Crippen LogP contribution in [0.4, 0.5) is 0 Å². The van der Waals surface area contributed by atoms with Gasteiger partial charge in [-0.05, 0) is 6.42 Å². The Morgan fingerprint density at radius 1 is 1.58 bits per heavy atom. The van der Waals surface area contributed by atoms with Crippen LogP contribution in [0, 0.1) is 17.8 Å². The van der Waals surface area contributed by atoms with Crippen molar-refractivity contribution in [3.8, 4) is 6.07 Å². The quantitative estimate of drug-likeness (QED) is 0.449. The van der Waals surface area contributed by atoms with E-state index in [0.717, 1.165) is 19.3 Å². The number of nitrogens with zero attached hydrogens (tertiary/aromatic N) is 1. The third kappa shape index (κ3) is 7.07. The van der Waals surface area contributed by atoms with Gasteiger partial charge in [-0.15, -0.1) is 0 Å². The monoisotopic (exact) mass is 168 g/mol. The second kappa shape index (κ2) is 8.06. The number of unbranched alkanes of at least 4 members (excludes halogenated alkanes) is 2. The minimum Gasteiger partial charge on any atom is -0.466 e. The van der Waals surface area contributed by atoms with E-state index in [1.807, 2.05) is 0 Å². The van der Waals surface area contributed by atoms with Crippen LogP contribution >= 0.6 is 0 Å². The maximum Gasteiger partial charge on any atom is 0.307 e. The molecule has 3 nitrogen and oxygen atoms in total. The lowest BCUT2D eigenvalue weighted by Gasteiger charge is -2.01. The lowest BCUT2D eigenvalue weighted by atomic mass is 10.3. The topological polar surface area (TPSA) is 50.1 Å². The van der Waals surface area contributed by atoms with Gasteiger partial charge in [-0.2, -0.15) is 5.26 Å².